The van der Waals surface area contributed by atoms with Gasteiger partial charge in [0, 0.05) is 11.3 Å². The second-order valence-corrected chi connectivity index (χ2v) is 7.90. The first-order valence-corrected chi connectivity index (χ1v) is 10.6. The molecule has 0 bridgehead atoms. The number of nitrogens with zero attached hydrogens (tertiary/aromatic N) is 3. The summed E-state index contributed by atoms with van der Waals surface area (Å²) in [6, 6.07) is 9.26. The van der Waals surface area contributed by atoms with E-state index in [-0.39, 0.29) is 5.57 Å². The highest BCUT2D eigenvalue weighted by Gasteiger charge is 2.14. The minimum Gasteiger partial charge on any atom is -0.493 e. The van der Waals surface area contributed by atoms with Gasteiger partial charge in [-0.15, -0.1) is 10.2 Å². The van der Waals surface area contributed by atoms with Crippen LogP contribution in [0.5, 0.6) is 5.75 Å². The van der Waals surface area contributed by atoms with Gasteiger partial charge in [-0.1, -0.05) is 61.6 Å². The molecule has 2 aromatic rings. The Balaban J connectivity index is 2.08. The third-order valence-electron chi connectivity index (χ3n) is 3.40. The maximum atomic E-state index is 12.4. The number of carbonyl (C=O) groups is 1. The summed E-state index contributed by atoms with van der Waals surface area (Å²) in [7, 11) is 0. The van der Waals surface area contributed by atoms with Gasteiger partial charge in [-0.2, -0.15) is 5.26 Å². The van der Waals surface area contributed by atoms with Crippen LogP contribution in [0.25, 0.3) is 6.08 Å². The van der Waals surface area contributed by atoms with Crippen molar-refractivity contribution in [1.82, 2.24) is 10.2 Å². The zero-order valence-corrected chi connectivity index (χ0v) is 17.0. The first-order valence-electron chi connectivity index (χ1n) is 8.79. The van der Waals surface area contributed by atoms with Crippen LogP contribution in [0.2, 0.25) is 0 Å². The van der Waals surface area contributed by atoms with E-state index < -0.39 is 5.91 Å². The number of benzene rings is 1. The molecule has 1 N–H and O–H groups in total. The van der Waals surface area contributed by atoms with Crippen molar-refractivity contribution in [3.63, 3.8) is 0 Å². The molecule has 6 nitrogen and oxygen atoms in total. The van der Waals surface area contributed by atoms with Crippen molar-refractivity contribution in [1.29, 1.82) is 5.26 Å². The molecule has 1 amide bonds. The Kier molecular flexibility index (Phi) is 8.81. The quantitative estimate of drug-likeness (QED) is 0.203. The van der Waals surface area contributed by atoms with Gasteiger partial charge in [0.1, 0.15) is 17.4 Å². The molecule has 8 heteroatoms. The number of nitriles is 1. The monoisotopic (exact) mass is 402 g/mol. The fourth-order valence-corrected chi connectivity index (χ4v) is 3.94. The van der Waals surface area contributed by atoms with Crippen molar-refractivity contribution < 1.29 is 9.53 Å². The van der Waals surface area contributed by atoms with E-state index in [1.54, 1.807) is 11.8 Å². The Hall–Kier alpha value is -2.37. The second-order valence-electron chi connectivity index (χ2n) is 5.59. The van der Waals surface area contributed by atoms with Gasteiger partial charge in [0.15, 0.2) is 4.34 Å². The van der Waals surface area contributed by atoms with Gasteiger partial charge >= 0.3 is 0 Å². The number of para-hydroxylation sites is 1. The third-order valence-corrected chi connectivity index (χ3v) is 5.45. The van der Waals surface area contributed by atoms with Crippen LogP contribution in [0, 0.1) is 11.3 Å². The number of unbranched alkanes of at least 4 members (excludes halogenated alkanes) is 1. The molecule has 1 aromatic heterocycles. The average molecular weight is 403 g/mol. The van der Waals surface area contributed by atoms with Gasteiger partial charge in [-0.3, -0.25) is 10.1 Å². The van der Waals surface area contributed by atoms with Crippen molar-refractivity contribution in [3.8, 4) is 11.8 Å². The minimum absolute atomic E-state index is 0.0158. The fraction of sp³-hybridized carbons (Fsp3) is 0.368. The van der Waals surface area contributed by atoms with Crippen LogP contribution in [0.1, 0.15) is 38.7 Å². The van der Waals surface area contributed by atoms with Gasteiger partial charge < -0.3 is 4.74 Å². The highest BCUT2D eigenvalue weighted by Crippen LogP contribution is 2.27. The van der Waals surface area contributed by atoms with E-state index in [4.69, 9.17) is 4.74 Å². The van der Waals surface area contributed by atoms with E-state index in [0.717, 1.165) is 29.4 Å². The number of rotatable bonds is 10. The van der Waals surface area contributed by atoms with Gasteiger partial charge in [0.2, 0.25) is 5.13 Å². The van der Waals surface area contributed by atoms with Crippen LogP contribution < -0.4 is 10.1 Å². The Morgan fingerprint density at radius 3 is 2.89 bits per heavy atom. The number of carbonyl (C=O) groups excluding carboxylic acids is 1. The molecule has 0 radical (unpaired) electrons. The summed E-state index contributed by atoms with van der Waals surface area (Å²) < 4.78 is 6.48. The summed E-state index contributed by atoms with van der Waals surface area (Å²) in [6.07, 6.45) is 4.62. The number of ether oxygens (including phenoxy) is 1. The molecule has 0 saturated carbocycles. The van der Waals surface area contributed by atoms with Crippen LogP contribution in [0.3, 0.4) is 0 Å². The lowest BCUT2D eigenvalue weighted by molar-refractivity contribution is -0.112. The van der Waals surface area contributed by atoms with Crippen LogP contribution in [-0.4, -0.2) is 28.5 Å². The number of hydrogen-bond donors (Lipinski definition) is 1. The van der Waals surface area contributed by atoms with E-state index in [9.17, 15) is 10.1 Å². The molecule has 0 aliphatic carbocycles. The molecule has 1 aromatic carbocycles. The largest absolute Gasteiger partial charge is 0.493 e. The summed E-state index contributed by atoms with van der Waals surface area (Å²) in [5, 5.41) is 20.5. The molecule has 2 rings (SSSR count). The molecular weight excluding hydrogens is 380 g/mol. The first-order chi connectivity index (χ1) is 13.2. The minimum atomic E-state index is -0.510. The zero-order chi connectivity index (χ0) is 19.5. The number of anilines is 1. The molecule has 1 heterocycles. The highest BCUT2D eigenvalue weighted by molar-refractivity contribution is 8.01. The smallest absolute Gasteiger partial charge is 0.268 e. The number of nitrogens with one attached hydrogen (secondary N) is 1. The molecule has 0 aliphatic heterocycles. The van der Waals surface area contributed by atoms with Crippen molar-refractivity contribution >= 4 is 40.2 Å². The lowest BCUT2D eigenvalue weighted by Gasteiger charge is -2.08. The maximum absolute atomic E-state index is 12.4. The lowest BCUT2D eigenvalue weighted by Crippen LogP contribution is -2.13. The van der Waals surface area contributed by atoms with E-state index in [1.807, 2.05) is 37.3 Å². The zero-order valence-electron chi connectivity index (χ0n) is 15.4. The van der Waals surface area contributed by atoms with Crippen molar-refractivity contribution in [2.75, 3.05) is 17.7 Å². The highest BCUT2D eigenvalue weighted by atomic mass is 32.2. The molecule has 0 saturated heterocycles. The first kappa shape index (κ1) is 20.9. The number of hydrogen-bond acceptors (Lipinski definition) is 7. The normalized spacial score (nSPS) is 11.1. The van der Waals surface area contributed by atoms with Crippen LogP contribution >= 0.6 is 23.1 Å². The molecule has 0 aliphatic rings. The Morgan fingerprint density at radius 1 is 1.33 bits per heavy atom. The van der Waals surface area contributed by atoms with E-state index in [1.165, 1.54) is 17.4 Å². The van der Waals surface area contributed by atoms with Gasteiger partial charge in [0.25, 0.3) is 5.91 Å². The van der Waals surface area contributed by atoms with Crippen molar-refractivity contribution in [2.24, 2.45) is 0 Å². The Labute approximate surface area is 167 Å². The van der Waals surface area contributed by atoms with E-state index in [2.05, 4.69) is 22.4 Å². The average Bonchev–Trinajstić information content (AvgIpc) is 3.12. The molecule has 27 heavy (non-hydrogen) atoms. The standard InChI is InChI=1S/C19H22N4O2S2/c1-3-5-11-26-19-23-22-18(27-19)21-17(24)15(13-20)12-14-8-6-7-9-16(14)25-10-4-2/h6-9,12H,3-5,10-11H2,1-2H3,(H,21,22,24)/b15-12+. The number of thioether (sulfide) groups is 1. The van der Waals surface area contributed by atoms with Crippen molar-refractivity contribution in [3.05, 3.63) is 35.4 Å². The topological polar surface area (TPSA) is 87.9 Å². The molecule has 0 fully saturated rings. The third kappa shape index (κ3) is 6.70. The van der Waals surface area contributed by atoms with Gasteiger partial charge in [0.05, 0.1) is 6.61 Å². The fourth-order valence-electron chi connectivity index (χ4n) is 2.03. The van der Waals surface area contributed by atoms with E-state index >= 15 is 0 Å². The van der Waals surface area contributed by atoms with E-state index in [0.29, 0.717) is 23.1 Å². The molecular formula is C19H22N4O2S2. The molecule has 142 valence electrons. The SMILES string of the molecule is CCCCSc1nnc(NC(=O)/C(C#N)=C/c2ccccc2OCCC)s1. The predicted octanol–water partition coefficient (Wildman–Crippen LogP) is 4.76. The summed E-state index contributed by atoms with van der Waals surface area (Å²) >= 11 is 2.92. The van der Waals surface area contributed by atoms with Crippen LogP contribution in [-0.2, 0) is 4.79 Å². The predicted molar refractivity (Wildman–Crippen MR) is 110 cm³/mol. The summed E-state index contributed by atoms with van der Waals surface area (Å²) in [6.45, 7) is 4.72. The van der Waals surface area contributed by atoms with Gasteiger partial charge in [-0.05, 0) is 25.0 Å². The Bertz CT molecular complexity index is 827. The van der Waals surface area contributed by atoms with Gasteiger partial charge in [-0.25, -0.2) is 0 Å². The summed E-state index contributed by atoms with van der Waals surface area (Å²) in [5.74, 6) is 1.10. The lowest BCUT2D eigenvalue weighted by atomic mass is 10.1. The van der Waals surface area contributed by atoms with Crippen LogP contribution in [0.4, 0.5) is 5.13 Å². The number of amides is 1. The number of aromatic nitrogens is 2. The molecule has 0 unspecified atom stereocenters. The van der Waals surface area contributed by atoms with Crippen LogP contribution in [0.15, 0.2) is 34.2 Å². The van der Waals surface area contributed by atoms with Crippen molar-refractivity contribution in [2.45, 2.75) is 37.4 Å². The molecule has 0 atom stereocenters. The second kappa shape index (κ2) is 11.4. The Morgan fingerprint density at radius 2 is 2.15 bits per heavy atom. The maximum Gasteiger partial charge on any atom is 0.268 e. The summed E-state index contributed by atoms with van der Waals surface area (Å²) in [4.78, 5) is 12.4. The summed E-state index contributed by atoms with van der Waals surface area (Å²) in [5.41, 5.74) is 0.670. The molecule has 0 spiro atoms.